The van der Waals surface area contributed by atoms with Gasteiger partial charge in [0.05, 0.1) is 6.54 Å². The van der Waals surface area contributed by atoms with Crippen LogP contribution in [0.1, 0.15) is 46.3 Å². The van der Waals surface area contributed by atoms with Gasteiger partial charge in [-0.25, -0.2) is 4.98 Å². The van der Waals surface area contributed by atoms with Gasteiger partial charge >= 0.3 is 0 Å². The summed E-state index contributed by atoms with van der Waals surface area (Å²) >= 11 is 0. The lowest BCUT2D eigenvalue weighted by molar-refractivity contribution is 0.412. The van der Waals surface area contributed by atoms with Crippen molar-refractivity contribution in [1.29, 1.82) is 0 Å². The highest BCUT2D eigenvalue weighted by molar-refractivity contribution is 4.94. The van der Waals surface area contributed by atoms with Gasteiger partial charge < -0.3 is 5.32 Å². The van der Waals surface area contributed by atoms with Gasteiger partial charge in [0.15, 0.2) is 5.82 Å². The van der Waals surface area contributed by atoms with E-state index < -0.39 is 0 Å². The Hall–Kier alpha value is -0.900. The van der Waals surface area contributed by atoms with E-state index in [9.17, 15) is 0 Å². The predicted octanol–water partition coefficient (Wildman–Crippen LogP) is 1.90. The SMILES string of the molecule is CC(C)Cc1nc(CNC(C)(C)C)n(C)n1. The van der Waals surface area contributed by atoms with Gasteiger partial charge in [0.25, 0.3) is 0 Å². The summed E-state index contributed by atoms with van der Waals surface area (Å²) in [6.07, 6.45) is 0.948. The molecule has 1 heterocycles. The van der Waals surface area contributed by atoms with E-state index in [4.69, 9.17) is 0 Å². The van der Waals surface area contributed by atoms with Crippen molar-refractivity contribution in [1.82, 2.24) is 20.1 Å². The van der Waals surface area contributed by atoms with Gasteiger partial charge in [-0.3, -0.25) is 4.68 Å². The van der Waals surface area contributed by atoms with Crippen LogP contribution in [-0.2, 0) is 20.0 Å². The highest BCUT2D eigenvalue weighted by atomic mass is 15.3. The van der Waals surface area contributed by atoms with Gasteiger partial charge in [0, 0.05) is 19.0 Å². The molecule has 0 bridgehead atoms. The second-order valence-electron chi connectivity index (χ2n) is 5.77. The van der Waals surface area contributed by atoms with Crippen molar-refractivity contribution in [3.05, 3.63) is 11.6 Å². The third kappa shape index (κ3) is 4.31. The summed E-state index contributed by atoms with van der Waals surface area (Å²) < 4.78 is 1.87. The zero-order valence-electron chi connectivity index (χ0n) is 11.3. The van der Waals surface area contributed by atoms with Crippen molar-refractivity contribution >= 4 is 0 Å². The van der Waals surface area contributed by atoms with Gasteiger partial charge in [0.1, 0.15) is 5.82 Å². The summed E-state index contributed by atoms with van der Waals surface area (Å²) in [7, 11) is 1.95. The maximum Gasteiger partial charge on any atom is 0.151 e. The minimum atomic E-state index is 0.115. The molecule has 1 N–H and O–H groups in total. The van der Waals surface area contributed by atoms with Crippen LogP contribution >= 0.6 is 0 Å². The van der Waals surface area contributed by atoms with Gasteiger partial charge in [-0.2, -0.15) is 5.10 Å². The normalized spacial score (nSPS) is 12.4. The van der Waals surface area contributed by atoms with E-state index in [1.807, 2.05) is 11.7 Å². The molecule has 16 heavy (non-hydrogen) atoms. The fourth-order valence-electron chi connectivity index (χ4n) is 1.42. The number of rotatable bonds is 4. The number of aryl methyl sites for hydroxylation is 1. The molecular weight excluding hydrogens is 200 g/mol. The molecule has 0 amide bonds. The molecule has 0 spiro atoms. The molecule has 0 aliphatic carbocycles. The minimum absolute atomic E-state index is 0.115. The lowest BCUT2D eigenvalue weighted by Crippen LogP contribution is -2.35. The molecule has 0 saturated carbocycles. The van der Waals surface area contributed by atoms with Crippen molar-refractivity contribution < 1.29 is 0 Å². The Morgan fingerprint density at radius 3 is 2.44 bits per heavy atom. The van der Waals surface area contributed by atoms with Crippen LogP contribution in [0.4, 0.5) is 0 Å². The molecule has 0 aliphatic heterocycles. The van der Waals surface area contributed by atoms with E-state index in [0.29, 0.717) is 5.92 Å². The summed E-state index contributed by atoms with van der Waals surface area (Å²) in [6.45, 7) is 11.6. The summed E-state index contributed by atoms with van der Waals surface area (Å²) in [5.74, 6) is 2.56. The smallest absolute Gasteiger partial charge is 0.151 e. The van der Waals surface area contributed by atoms with Gasteiger partial charge in [0.2, 0.25) is 0 Å². The third-order valence-electron chi connectivity index (χ3n) is 2.26. The summed E-state index contributed by atoms with van der Waals surface area (Å²) in [4.78, 5) is 4.54. The van der Waals surface area contributed by atoms with Crippen LogP contribution in [0.15, 0.2) is 0 Å². The first-order valence-corrected chi connectivity index (χ1v) is 5.92. The number of aromatic nitrogens is 3. The standard InChI is InChI=1S/C12H24N4/c1-9(2)7-10-14-11(16(6)15-10)8-13-12(3,4)5/h9,13H,7-8H2,1-6H3. The third-order valence-corrected chi connectivity index (χ3v) is 2.26. The van der Waals surface area contributed by atoms with Crippen LogP contribution in [0, 0.1) is 5.92 Å². The van der Waals surface area contributed by atoms with Crippen LogP contribution in [0.25, 0.3) is 0 Å². The maximum atomic E-state index is 4.54. The predicted molar refractivity (Wildman–Crippen MR) is 66.1 cm³/mol. The minimum Gasteiger partial charge on any atom is -0.305 e. The number of hydrogen-bond acceptors (Lipinski definition) is 3. The molecule has 0 aromatic carbocycles. The Morgan fingerprint density at radius 2 is 1.94 bits per heavy atom. The van der Waals surface area contributed by atoms with E-state index in [2.05, 4.69) is 50.0 Å². The molecule has 1 aromatic rings. The van der Waals surface area contributed by atoms with E-state index in [0.717, 1.165) is 24.6 Å². The molecule has 0 unspecified atom stereocenters. The Kier molecular flexibility index (Phi) is 4.08. The lowest BCUT2D eigenvalue weighted by atomic mass is 10.1. The summed E-state index contributed by atoms with van der Waals surface area (Å²) in [6, 6.07) is 0. The van der Waals surface area contributed by atoms with Gasteiger partial charge in [-0.1, -0.05) is 13.8 Å². The van der Waals surface area contributed by atoms with Crippen molar-refractivity contribution in [2.75, 3.05) is 0 Å². The van der Waals surface area contributed by atoms with Crippen molar-refractivity contribution in [2.24, 2.45) is 13.0 Å². The largest absolute Gasteiger partial charge is 0.305 e. The zero-order valence-corrected chi connectivity index (χ0v) is 11.3. The highest BCUT2D eigenvalue weighted by Gasteiger charge is 2.12. The Bertz CT molecular complexity index is 333. The number of hydrogen-bond donors (Lipinski definition) is 1. The number of nitrogens with one attached hydrogen (secondary N) is 1. The highest BCUT2D eigenvalue weighted by Crippen LogP contribution is 2.06. The van der Waals surface area contributed by atoms with Gasteiger partial charge in [-0.15, -0.1) is 0 Å². The lowest BCUT2D eigenvalue weighted by Gasteiger charge is -2.19. The van der Waals surface area contributed by atoms with E-state index in [1.165, 1.54) is 0 Å². The Labute approximate surface area is 98.5 Å². The van der Waals surface area contributed by atoms with E-state index in [-0.39, 0.29) is 5.54 Å². The van der Waals surface area contributed by atoms with Crippen molar-refractivity contribution in [3.8, 4) is 0 Å². The van der Waals surface area contributed by atoms with Crippen LogP contribution in [0.3, 0.4) is 0 Å². The molecule has 0 saturated heterocycles. The Morgan fingerprint density at radius 1 is 1.31 bits per heavy atom. The van der Waals surface area contributed by atoms with E-state index in [1.54, 1.807) is 0 Å². The average molecular weight is 224 g/mol. The molecule has 0 radical (unpaired) electrons. The average Bonchev–Trinajstić information content (AvgIpc) is 2.40. The molecule has 0 aliphatic rings. The van der Waals surface area contributed by atoms with Gasteiger partial charge in [-0.05, 0) is 26.7 Å². The van der Waals surface area contributed by atoms with Crippen LogP contribution < -0.4 is 5.32 Å². The second kappa shape index (κ2) is 4.95. The quantitative estimate of drug-likeness (QED) is 0.849. The molecule has 4 nitrogen and oxygen atoms in total. The maximum absolute atomic E-state index is 4.54. The van der Waals surface area contributed by atoms with Crippen LogP contribution in [0.5, 0.6) is 0 Å². The molecule has 92 valence electrons. The summed E-state index contributed by atoms with van der Waals surface area (Å²) in [5, 5.41) is 7.84. The first-order valence-electron chi connectivity index (χ1n) is 5.92. The molecule has 1 aromatic heterocycles. The molecular formula is C12H24N4. The fraction of sp³-hybridized carbons (Fsp3) is 0.833. The topological polar surface area (TPSA) is 42.7 Å². The van der Waals surface area contributed by atoms with Crippen molar-refractivity contribution in [2.45, 2.75) is 53.1 Å². The first-order chi connectivity index (χ1) is 7.28. The zero-order chi connectivity index (χ0) is 12.3. The molecule has 1 rings (SSSR count). The fourth-order valence-corrected chi connectivity index (χ4v) is 1.42. The summed E-state index contributed by atoms with van der Waals surface area (Å²) in [5.41, 5.74) is 0.115. The first kappa shape index (κ1) is 13.2. The molecule has 0 atom stereocenters. The molecule has 0 fully saturated rings. The molecule has 4 heteroatoms. The van der Waals surface area contributed by atoms with Crippen LogP contribution in [0.2, 0.25) is 0 Å². The monoisotopic (exact) mass is 224 g/mol. The number of nitrogens with zero attached hydrogens (tertiary/aromatic N) is 3. The Balaban J connectivity index is 2.63. The van der Waals surface area contributed by atoms with Crippen molar-refractivity contribution in [3.63, 3.8) is 0 Å². The second-order valence-corrected chi connectivity index (χ2v) is 5.77. The van der Waals surface area contributed by atoms with E-state index >= 15 is 0 Å². The van der Waals surface area contributed by atoms with Crippen LogP contribution in [-0.4, -0.2) is 20.3 Å².